The quantitative estimate of drug-likeness (QED) is 0.890. The van der Waals surface area contributed by atoms with Gasteiger partial charge in [-0.25, -0.2) is 13.2 Å². The van der Waals surface area contributed by atoms with Crippen LogP contribution in [0.25, 0.3) is 0 Å². The average molecular weight is 296 g/mol. The van der Waals surface area contributed by atoms with Crippen LogP contribution in [0.5, 0.6) is 5.75 Å². The van der Waals surface area contributed by atoms with Crippen LogP contribution < -0.4 is 15.8 Å². The average Bonchev–Trinajstić information content (AvgIpc) is 2.49. The fraction of sp³-hybridized carbons (Fsp3) is 0.200. The molecule has 3 N–H and O–H groups in total. The van der Waals surface area contributed by atoms with Gasteiger partial charge in [-0.05, 0) is 29.8 Å². The molecule has 0 aliphatic heterocycles. The van der Waals surface area contributed by atoms with Crippen molar-refractivity contribution >= 4 is 5.69 Å². The van der Waals surface area contributed by atoms with E-state index >= 15 is 0 Å². The molecule has 0 aliphatic rings. The summed E-state index contributed by atoms with van der Waals surface area (Å²) in [5.74, 6) is -2.26. The molecule has 0 spiro atoms. The van der Waals surface area contributed by atoms with Gasteiger partial charge < -0.3 is 15.8 Å². The summed E-state index contributed by atoms with van der Waals surface area (Å²) in [6.07, 6.45) is 0. The summed E-state index contributed by atoms with van der Waals surface area (Å²) in [5, 5.41) is 3.03. The Kier molecular flexibility index (Phi) is 4.70. The lowest BCUT2D eigenvalue weighted by Crippen LogP contribution is -2.21. The number of hydrogen-bond donors (Lipinski definition) is 2. The van der Waals surface area contributed by atoms with Crippen molar-refractivity contribution in [3.05, 3.63) is 59.4 Å². The maximum atomic E-state index is 13.3. The van der Waals surface area contributed by atoms with Crippen LogP contribution in [0.2, 0.25) is 0 Å². The monoisotopic (exact) mass is 296 g/mol. The summed E-state index contributed by atoms with van der Waals surface area (Å²) in [7, 11) is 1.36. The lowest BCUT2D eigenvalue weighted by molar-refractivity contribution is 0.386. The second kappa shape index (κ2) is 6.49. The molecule has 0 saturated heterocycles. The molecule has 0 amide bonds. The molecule has 0 heterocycles. The van der Waals surface area contributed by atoms with E-state index in [1.807, 2.05) is 0 Å². The van der Waals surface area contributed by atoms with Crippen molar-refractivity contribution < 1.29 is 17.9 Å². The number of anilines is 1. The first kappa shape index (κ1) is 15.2. The molecule has 0 bridgehead atoms. The van der Waals surface area contributed by atoms with E-state index in [1.165, 1.54) is 31.4 Å². The molecule has 0 aromatic heterocycles. The second-order valence-electron chi connectivity index (χ2n) is 4.46. The van der Waals surface area contributed by atoms with Crippen LogP contribution in [0.15, 0.2) is 36.4 Å². The summed E-state index contributed by atoms with van der Waals surface area (Å²) in [5.41, 5.74) is 6.72. The van der Waals surface area contributed by atoms with Crippen molar-refractivity contribution in [1.82, 2.24) is 0 Å². The van der Waals surface area contributed by atoms with Gasteiger partial charge in [0.15, 0.2) is 23.2 Å². The van der Waals surface area contributed by atoms with Crippen molar-refractivity contribution in [2.75, 3.05) is 19.0 Å². The number of nitrogens with two attached hydrogens (primary N) is 1. The zero-order chi connectivity index (χ0) is 15.4. The molecule has 1 atom stereocenters. The largest absolute Gasteiger partial charge is 0.494 e. The van der Waals surface area contributed by atoms with E-state index in [2.05, 4.69) is 5.32 Å². The molecular formula is C15H15F3N2O. The Labute approximate surface area is 120 Å². The highest BCUT2D eigenvalue weighted by atomic mass is 19.2. The van der Waals surface area contributed by atoms with Crippen molar-refractivity contribution in [1.29, 1.82) is 0 Å². The van der Waals surface area contributed by atoms with Gasteiger partial charge in [-0.1, -0.05) is 6.07 Å². The Morgan fingerprint density at radius 1 is 1.05 bits per heavy atom. The maximum Gasteiger partial charge on any atom is 0.165 e. The number of methoxy groups -OCH3 is 1. The Balaban J connectivity index is 2.24. The molecule has 2 aromatic carbocycles. The standard InChI is InChI=1S/C15H15F3N2O/c1-21-15-7-10(3-5-12(15)17)20-14(8-19)9-2-4-11(16)13(18)6-9/h2-7,14,20H,8,19H2,1H3. The third-order valence-electron chi connectivity index (χ3n) is 3.07. The molecule has 2 rings (SSSR count). The fourth-order valence-electron chi connectivity index (χ4n) is 1.96. The molecule has 0 saturated carbocycles. The molecule has 0 radical (unpaired) electrons. The van der Waals surface area contributed by atoms with Crippen LogP contribution in [0.1, 0.15) is 11.6 Å². The van der Waals surface area contributed by atoms with Crippen molar-refractivity contribution in [2.45, 2.75) is 6.04 Å². The minimum Gasteiger partial charge on any atom is -0.494 e. The van der Waals surface area contributed by atoms with Gasteiger partial charge in [0.1, 0.15) is 0 Å². The minimum atomic E-state index is -0.940. The van der Waals surface area contributed by atoms with E-state index in [0.717, 1.165) is 12.1 Å². The van der Waals surface area contributed by atoms with Crippen LogP contribution in [0.4, 0.5) is 18.9 Å². The zero-order valence-corrected chi connectivity index (χ0v) is 11.4. The Morgan fingerprint density at radius 3 is 2.38 bits per heavy atom. The van der Waals surface area contributed by atoms with Crippen LogP contribution in [-0.4, -0.2) is 13.7 Å². The van der Waals surface area contributed by atoms with E-state index in [1.54, 1.807) is 0 Å². The predicted molar refractivity (Wildman–Crippen MR) is 74.7 cm³/mol. The maximum absolute atomic E-state index is 13.3. The van der Waals surface area contributed by atoms with Crippen molar-refractivity contribution in [2.24, 2.45) is 5.73 Å². The molecule has 1 unspecified atom stereocenters. The van der Waals surface area contributed by atoms with Crippen LogP contribution >= 0.6 is 0 Å². The van der Waals surface area contributed by atoms with Gasteiger partial charge in [-0.15, -0.1) is 0 Å². The normalized spacial score (nSPS) is 12.0. The highest BCUT2D eigenvalue weighted by Gasteiger charge is 2.13. The predicted octanol–water partition coefficient (Wildman–Crippen LogP) is 3.22. The molecule has 112 valence electrons. The number of benzene rings is 2. The van der Waals surface area contributed by atoms with E-state index < -0.39 is 23.5 Å². The smallest absolute Gasteiger partial charge is 0.165 e. The fourth-order valence-corrected chi connectivity index (χ4v) is 1.96. The summed E-state index contributed by atoms with van der Waals surface area (Å²) >= 11 is 0. The van der Waals surface area contributed by atoms with Crippen molar-refractivity contribution in [3.8, 4) is 5.75 Å². The molecule has 2 aromatic rings. The van der Waals surface area contributed by atoms with E-state index in [4.69, 9.17) is 10.5 Å². The lowest BCUT2D eigenvalue weighted by atomic mass is 10.1. The SMILES string of the molecule is COc1cc(NC(CN)c2ccc(F)c(F)c2)ccc1F. The molecule has 3 nitrogen and oxygen atoms in total. The first-order valence-electron chi connectivity index (χ1n) is 6.30. The van der Waals surface area contributed by atoms with Gasteiger partial charge in [0.05, 0.1) is 13.2 Å². The summed E-state index contributed by atoms with van der Waals surface area (Å²) in [6, 6.07) is 7.37. The Bertz CT molecular complexity index is 634. The van der Waals surface area contributed by atoms with Crippen LogP contribution in [0.3, 0.4) is 0 Å². The zero-order valence-electron chi connectivity index (χ0n) is 11.4. The second-order valence-corrected chi connectivity index (χ2v) is 4.46. The molecule has 0 aliphatic carbocycles. The Hall–Kier alpha value is -2.21. The number of nitrogens with one attached hydrogen (secondary N) is 1. The Morgan fingerprint density at radius 2 is 1.76 bits per heavy atom. The highest BCUT2D eigenvalue weighted by molar-refractivity contribution is 5.50. The van der Waals surface area contributed by atoms with E-state index in [0.29, 0.717) is 11.3 Å². The van der Waals surface area contributed by atoms with Crippen molar-refractivity contribution in [3.63, 3.8) is 0 Å². The van der Waals surface area contributed by atoms with Gasteiger partial charge in [0.25, 0.3) is 0 Å². The highest BCUT2D eigenvalue weighted by Crippen LogP contribution is 2.25. The number of halogens is 3. The summed E-state index contributed by atoms with van der Waals surface area (Å²) in [4.78, 5) is 0. The van der Waals surface area contributed by atoms with Crippen LogP contribution in [-0.2, 0) is 0 Å². The molecule has 21 heavy (non-hydrogen) atoms. The summed E-state index contributed by atoms with van der Waals surface area (Å²) in [6.45, 7) is 0.158. The topological polar surface area (TPSA) is 47.3 Å². The first-order valence-corrected chi connectivity index (χ1v) is 6.30. The van der Waals surface area contributed by atoms with Crippen LogP contribution in [0, 0.1) is 17.5 Å². The van der Waals surface area contributed by atoms with Gasteiger partial charge in [0.2, 0.25) is 0 Å². The third-order valence-corrected chi connectivity index (χ3v) is 3.07. The third kappa shape index (κ3) is 3.46. The first-order chi connectivity index (χ1) is 10.0. The number of rotatable bonds is 5. The van der Waals surface area contributed by atoms with Gasteiger partial charge in [-0.2, -0.15) is 0 Å². The summed E-state index contributed by atoms with van der Waals surface area (Å²) < 4.78 is 44.5. The molecular weight excluding hydrogens is 281 g/mol. The lowest BCUT2D eigenvalue weighted by Gasteiger charge is -2.19. The molecule has 0 fully saturated rings. The number of ether oxygens (including phenoxy) is 1. The minimum absolute atomic E-state index is 0.0843. The van der Waals surface area contributed by atoms with Gasteiger partial charge in [0, 0.05) is 18.3 Å². The van der Waals surface area contributed by atoms with E-state index in [9.17, 15) is 13.2 Å². The van der Waals surface area contributed by atoms with Gasteiger partial charge >= 0.3 is 0 Å². The van der Waals surface area contributed by atoms with Gasteiger partial charge in [-0.3, -0.25) is 0 Å². The number of hydrogen-bond acceptors (Lipinski definition) is 3. The van der Waals surface area contributed by atoms with E-state index in [-0.39, 0.29) is 12.3 Å². The molecule has 6 heteroatoms.